The number of carbonyl (C=O) groups is 2. The van der Waals surface area contributed by atoms with Crippen LogP contribution in [0.1, 0.15) is 239 Å². The summed E-state index contributed by atoms with van der Waals surface area (Å²) in [6, 6.07) is 0. The molecule has 64 heavy (non-hydrogen) atoms. The van der Waals surface area contributed by atoms with Gasteiger partial charge in [-0.3, -0.25) is 18.6 Å². The molecule has 0 spiro atoms. The molecule has 0 aromatic heterocycles. The molecular formula is C50H95O13P. The number of hydrogen-bond donors (Lipinski definition) is 6. The van der Waals surface area contributed by atoms with Crippen LogP contribution in [0.2, 0.25) is 0 Å². The lowest BCUT2D eigenvalue weighted by Crippen LogP contribution is -2.64. The van der Waals surface area contributed by atoms with Crippen LogP contribution in [-0.2, 0) is 32.7 Å². The van der Waals surface area contributed by atoms with Gasteiger partial charge in [0.25, 0.3) is 0 Å². The molecule has 0 radical (unpaired) electrons. The summed E-state index contributed by atoms with van der Waals surface area (Å²) in [4.78, 5) is 35.8. The minimum absolute atomic E-state index is 0.0810. The second-order valence-electron chi connectivity index (χ2n) is 18.4. The Hall–Kier alpha value is -1.41. The van der Waals surface area contributed by atoms with E-state index < -0.39 is 75.7 Å². The minimum Gasteiger partial charge on any atom is -0.462 e. The molecule has 6 unspecified atom stereocenters. The molecule has 0 saturated heterocycles. The maximum Gasteiger partial charge on any atom is 0.472 e. The van der Waals surface area contributed by atoms with E-state index in [0.29, 0.717) is 12.8 Å². The summed E-state index contributed by atoms with van der Waals surface area (Å²) in [5, 5.41) is 50.2. The molecule has 1 aliphatic rings. The summed E-state index contributed by atoms with van der Waals surface area (Å²) in [6.07, 6.45) is 31.2. The van der Waals surface area contributed by atoms with Gasteiger partial charge in [-0.1, -0.05) is 199 Å². The van der Waals surface area contributed by atoms with E-state index in [1.807, 2.05) is 0 Å². The van der Waals surface area contributed by atoms with Crippen molar-refractivity contribution in [2.24, 2.45) is 0 Å². The Morgan fingerprint density at radius 3 is 1.20 bits per heavy atom. The van der Waals surface area contributed by atoms with Gasteiger partial charge in [-0.25, -0.2) is 4.57 Å². The van der Waals surface area contributed by atoms with E-state index in [1.165, 1.54) is 154 Å². The first-order valence-corrected chi connectivity index (χ1v) is 27.5. The highest BCUT2D eigenvalue weighted by Gasteiger charge is 2.51. The zero-order chi connectivity index (χ0) is 47.1. The van der Waals surface area contributed by atoms with Crippen LogP contribution in [-0.4, -0.2) is 98.3 Å². The summed E-state index contributed by atoms with van der Waals surface area (Å²) in [6.45, 7) is 3.32. The van der Waals surface area contributed by atoms with Gasteiger partial charge in [0, 0.05) is 12.8 Å². The Kier molecular flexibility index (Phi) is 38.5. The van der Waals surface area contributed by atoms with Crippen molar-refractivity contribution in [1.82, 2.24) is 0 Å². The molecule has 6 N–H and O–H groups in total. The van der Waals surface area contributed by atoms with Crippen molar-refractivity contribution in [2.45, 2.75) is 281 Å². The van der Waals surface area contributed by atoms with Crippen LogP contribution >= 0.6 is 7.82 Å². The number of rotatable bonds is 44. The van der Waals surface area contributed by atoms with Gasteiger partial charge in [-0.15, -0.1) is 0 Å². The van der Waals surface area contributed by atoms with E-state index in [0.717, 1.165) is 44.9 Å². The Balaban J connectivity index is 2.38. The molecule has 0 heterocycles. The Bertz CT molecular complexity index is 1170. The highest BCUT2D eigenvalue weighted by molar-refractivity contribution is 7.47. The van der Waals surface area contributed by atoms with E-state index in [4.69, 9.17) is 18.5 Å². The Labute approximate surface area is 388 Å². The van der Waals surface area contributed by atoms with Crippen LogP contribution in [0.15, 0.2) is 12.2 Å². The molecule has 13 nitrogen and oxygen atoms in total. The van der Waals surface area contributed by atoms with Crippen molar-refractivity contribution < 1.29 is 63.1 Å². The number of phosphoric ester groups is 1. The quantitative estimate of drug-likeness (QED) is 0.0146. The lowest BCUT2D eigenvalue weighted by molar-refractivity contribution is -0.220. The summed E-state index contributed by atoms with van der Waals surface area (Å²) < 4.78 is 33.6. The first-order chi connectivity index (χ1) is 30.9. The number of phosphoric acid groups is 1. The van der Waals surface area contributed by atoms with Crippen LogP contribution < -0.4 is 0 Å². The van der Waals surface area contributed by atoms with Crippen LogP contribution in [0, 0.1) is 0 Å². The van der Waals surface area contributed by atoms with Gasteiger partial charge in [0.2, 0.25) is 0 Å². The molecule has 378 valence electrons. The van der Waals surface area contributed by atoms with Crippen LogP contribution in [0.25, 0.3) is 0 Å². The van der Waals surface area contributed by atoms with Gasteiger partial charge < -0.3 is 39.9 Å². The molecule has 14 heteroatoms. The fourth-order valence-electron chi connectivity index (χ4n) is 8.17. The van der Waals surface area contributed by atoms with Gasteiger partial charge in [0.15, 0.2) is 6.10 Å². The summed E-state index contributed by atoms with van der Waals surface area (Å²) in [5.74, 6) is -1.10. The van der Waals surface area contributed by atoms with Crippen molar-refractivity contribution in [3.63, 3.8) is 0 Å². The van der Waals surface area contributed by atoms with Crippen molar-refractivity contribution in [3.05, 3.63) is 12.2 Å². The smallest absolute Gasteiger partial charge is 0.462 e. The van der Waals surface area contributed by atoms with E-state index in [1.54, 1.807) is 0 Å². The second kappa shape index (κ2) is 40.6. The zero-order valence-corrected chi connectivity index (χ0v) is 41.2. The normalized spacial score (nSPS) is 21.6. The average molecular weight is 935 g/mol. The Morgan fingerprint density at radius 2 is 0.797 bits per heavy atom. The third-order valence-corrected chi connectivity index (χ3v) is 13.3. The molecule has 1 aliphatic carbocycles. The van der Waals surface area contributed by atoms with E-state index in [9.17, 15) is 44.6 Å². The first kappa shape index (κ1) is 60.6. The number of allylic oxidation sites excluding steroid dienone is 2. The highest BCUT2D eigenvalue weighted by atomic mass is 31.2. The fourth-order valence-corrected chi connectivity index (χ4v) is 9.14. The summed E-state index contributed by atoms with van der Waals surface area (Å²) in [7, 11) is -5.12. The van der Waals surface area contributed by atoms with Crippen molar-refractivity contribution in [3.8, 4) is 0 Å². The molecule has 0 amide bonds. The SMILES string of the molecule is CCCCCCCCCC/C=C/CCCCCC(=O)O[C@@H](COC(=O)CCCCCCCCCCCCCCCCCCCCCC)COP(=O)(O)OC1C(O)C(O)C(O)[C@H](O)C1O. The van der Waals surface area contributed by atoms with E-state index in [-0.39, 0.29) is 12.8 Å². The maximum atomic E-state index is 12.8. The monoisotopic (exact) mass is 935 g/mol. The first-order valence-electron chi connectivity index (χ1n) is 26.0. The van der Waals surface area contributed by atoms with Crippen LogP contribution in [0.4, 0.5) is 0 Å². The van der Waals surface area contributed by atoms with Crippen molar-refractivity contribution in [1.29, 1.82) is 0 Å². The Morgan fingerprint density at radius 1 is 0.469 bits per heavy atom. The molecule has 0 aromatic rings. The lowest BCUT2D eigenvalue weighted by atomic mass is 9.85. The largest absolute Gasteiger partial charge is 0.472 e. The molecule has 1 saturated carbocycles. The topological polar surface area (TPSA) is 210 Å². The molecule has 0 aromatic carbocycles. The number of unbranched alkanes of at least 4 members (excludes halogenated alkanes) is 30. The number of aliphatic hydroxyl groups is 5. The summed E-state index contributed by atoms with van der Waals surface area (Å²) in [5.41, 5.74) is 0. The zero-order valence-electron chi connectivity index (χ0n) is 40.3. The number of esters is 2. The third-order valence-electron chi connectivity index (χ3n) is 12.4. The fraction of sp³-hybridized carbons (Fsp3) is 0.920. The second-order valence-corrected chi connectivity index (χ2v) is 19.8. The third kappa shape index (κ3) is 32.3. The molecular weight excluding hydrogens is 840 g/mol. The maximum absolute atomic E-state index is 12.8. The van der Waals surface area contributed by atoms with Crippen molar-refractivity contribution in [2.75, 3.05) is 13.2 Å². The standard InChI is InChI=1S/C50H95O13P/c1-3-5-7-9-11-13-15-17-19-20-21-22-23-25-26-28-30-32-34-36-38-43(51)60-40-42(41-61-64(58,59)63-50-48(56)46(54)45(53)47(55)49(50)57)62-44(52)39-37-35-33-31-29-27-24-18-16-14-12-10-8-6-4-2/h27,29,42,45-50,53-57H,3-26,28,30-41H2,1-2H3,(H,58,59)/b29-27+/t42-,45?,46-,47?,48?,49?,50?/m0/s1. The van der Waals surface area contributed by atoms with Crippen LogP contribution in [0.3, 0.4) is 0 Å². The predicted molar refractivity (Wildman–Crippen MR) is 254 cm³/mol. The van der Waals surface area contributed by atoms with E-state index in [2.05, 4.69) is 26.0 Å². The number of ether oxygens (including phenoxy) is 2. The predicted octanol–water partition coefficient (Wildman–Crippen LogP) is 11.0. The van der Waals surface area contributed by atoms with Crippen molar-refractivity contribution >= 4 is 19.8 Å². The van der Waals surface area contributed by atoms with Gasteiger partial charge in [-0.05, 0) is 38.5 Å². The van der Waals surface area contributed by atoms with E-state index >= 15 is 0 Å². The van der Waals surface area contributed by atoms with Gasteiger partial charge in [0.1, 0.15) is 43.2 Å². The molecule has 0 bridgehead atoms. The highest BCUT2D eigenvalue weighted by Crippen LogP contribution is 2.47. The minimum atomic E-state index is -5.12. The molecule has 8 atom stereocenters. The van der Waals surface area contributed by atoms with Gasteiger partial charge in [-0.2, -0.15) is 0 Å². The number of aliphatic hydroxyl groups excluding tert-OH is 5. The van der Waals surface area contributed by atoms with Gasteiger partial charge in [0.05, 0.1) is 6.61 Å². The van der Waals surface area contributed by atoms with Crippen LogP contribution in [0.5, 0.6) is 0 Å². The number of hydrogen-bond acceptors (Lipinski definition) is 12. The van der Waals surface area contributed by atoms with Gasteiger partial charge >= 0.3 is 19.8 Å². The summed E-state index contributed by atoms with van der Waals surface area (Å²) >= 11 is 0. The molecule has 0 aliphatic heterocycles. The average Bonchev–Trinajstić information content (AvgIpc) is 3.28. The number of carbonyl (C=O) groups excluding carboxylic acids is 2. The molecule has 1 rings (SSSR count). The lowest BCUT2D eigenvalue weighted by Gasteiger charge is -2.41. The molecule has 1 fully saturated rings.